The lowest BCUT2D eigenvalue weighted by atomic mass is 10.1. The first-order valence-electron chi connectivity index (χ1n) is 8.88. The summed E-state index contributed by atoms with van der Waals surface area (Å²) in [6.07, 6.45) is 2.46. The van der Waals surface area contributed by atoms with Crippen LogP contribution in [0.3, 0.4) is 0 Å². The SMILES string of the molecule is CCc1cccc(C)c1NC(=O)/C(C#N)=C\N(CC)Cc1ccccc1. The van der Waals surface area contributed by atoms with Gasteiger partial charge in [0.25, 0.3) is 5.91 Å². The van der Waals surface area contributed by atoms with Crippen LogP contribution in [0, 0.1) is 18.3 Å². The van der Waals surface area contributed by atoms with Crippen LogP contribution >= 0.6 is 0 Å². The van der Waals surface area contributed by atoms with Crippen LogP contribution in [0.4, 0.5) is 5.69 Å². The molecule has 2 rings (SSSR count). The van der Waals surface area contributed by atoms with Crippen LogP contribution in [0.5, 0.6) is 0 Å². The Balaban J connectivity index is 2.20. The zero-order valence-electron chi connectivity index (χ0n) is 15.6. The second-order valence-corrected chi connectivity index (χ2v) is 6.12. The molecule has 0 aliphatic heterocycles. The van der Waals surface area contributed by atoms with Crippen molar-refractivity contribution in [1.82, 2.24) is 4.90 Å². The highest BCUT2D eigenvalue weighted by Gasteiger charge is 2.14. The van der Waals surface area contributed by atoms with Gasteiger partial charge < -0.3 is 10.2 Å². The van der Waals surface area contributed by atoms with Gasteiger partial charge in [-0.1, -0.05) is 55.5 Å². The number of rotatable bonds is 7. The summed E-state index contributed by atoms with van der Waals surface area (Å²) in [5.41, 5.74) is 4.09. The van der Waals surface area contributed by atoms with Crippen molar-refractivity contribution in [1.29, 1.82) is 5.26 Å². The van der Waals surface area contributed by atoms with E-state index in [0.717, 1.165) is 28.8 Å². The molecule has 0 saturated heterocycles. The van der Waals surface area contributed by atoms with E-state index < -0.39 is 0 Å². The van der Waals surface area contributed by atoms with Gasteiger partial charge in [0, 0.05) is 25.0 Å². The lowest BCUT2D eigenvalue weighted by molar-refractivity contribution is -0.112. The Bertz CT molecular complexity index is 819. The molecule has 1 N–H and O–H groups in total. The van der Waals surface area contributed by atoms with Gasteiger partial charge in [-0.05, 0) is 37.0 Å². The summed E-state index contributed by atoms with van der Waals surface area (Å²) < 4.78 is 0. The summed E-state index contributed by atoms with van der Waals surface area (Å²) in [6.45, 7) is 7.36. The molecule has 0 radical (unpaired) electrons. The lowest BCUT2D eigenvalue weighted by Gasteiger charge is -2.19. The van der Waals surface area contributed by atoms with E-state index in [1.807, 2.05) is 80.3 Å². The van der Waals surface area contributed by atoms with Crippen molar-refractivity contribution in [2.75, 3.05) is 11.9 Å². The largest absolute Gasteiger partial charge is 0.372 e. The summed E-state index contributed by atoms with van der Waals surface area (Å²) >= 11 is 0. The maximum atomic E-state index is 12.6. The van der Waals surface area contributed by atoms with Gasteiger partial charge in [-0.2, -0.15) is 5.26 Å². The number of para-hydroxylation sites is 1. The van der Waals surface area contributed by atoms with Crippen molar-refractivity contribution in [3.05, 3.63) is 77.0 Å². The number of nitriles is 1. The topological polar surface area (TPSA) is 56.1 Å². The molecule has 1 amide bonds. The van der Waals surface area contributed by atoms with Gasteiger partial charge in [0.2, 0.25) is 0 Å². The maximum absolute atomic E-state index is 12.6. The Hall–Kier alpha value is -3.06. The number of nitrogens with one attached hydrogen (secondary N) is 1. The molecule has 0 heterocycles. The molecule has 4 heteroatoms. The van der Waals surface area contributed by atoms with Gasteiger partial charge in [-0.25, -0.2) is 0 Å². The van der Waals surface area contributed by atoms with Crippen molar-refractivity contribution in [3.63, 3.8) is 0 Å². The molecule has 0 unspecified atom stereocenters. The monoisotopic (exact) mass is 347 g/mol. The van der Waals surface area contributed by atoms with E-state index in [1.165, 1.54) is 0 Å². The average Bonchev–Trinajstić information content (AvgIpc) is 2.67. The van der Waals surface area contributed by atoms with Gasteiger partial charge in [0.05, 0.1) is 0 Å². The molecular weight excluding hydrogens is 322 g/mol. The van der Waals surface area contributed by atoms with Gasteiger partial charge in [0.1, 0.15) is 11.6 Å². The summed E-state index contributed by atoms with van der Waals surface area (Å²) in [5, 5.41) is 12.4. The molecule has 0 atom stereocenters. The fourth-order valence-corrected chi connectivity index (χ4v) is 2.77. The average molecular weight is 347 g/mol. The number of aryl methyl sites for hydroxylation is 2. The van der Waals surface area contributed by atoms with E-state index in [0.29, 0.717) is 13.1 Å². The smallest absolute Gasteiger partial charge is 0.267 e. The molecule has 2 aromatic carbocycles. The lowest BCUT2D eigenvalue weighted by Crippen LogP contribution is -2.21. The number of amides is 1. The van der Waals surface area contributed by atoms with E-state index in [9.17, 15) is 10.1 Å². The van der Waals surface area contributed by atoms with Gasteiger partial charge >= 0.3 is 0 Å². The molecule has 0 bridgehead atoms. The van der Waals surface area contributed by atoms with Crippen LogP contribution in [0.1, 0.15) is 30.5 Å². The first-order valence-corrected chi connectivity index (χ1v) is 8.88. The third kappa shape index (κ3) is 4.97. The van der Waals surface area contributed by atoms with Crippen molar-refractivity contribution >= 4 is 11.6 Å². The van der Waals surface area contributed by atoms with Gasteiger partial charge in [-0.3, -0.25) is 4.79 Å². The molecule has 26 heavy (non-hydrogen) atoms. The number of anilines is 1. The number of carbonyl (C=O) groups excluding carboxylic acids is 1. The zero-order valence-corrected chi connectivity index (χ0v) is 15.6. The minimum absolute atomic E-state index is 0.105. The molecule has 0 fully saturated rings. The zero-order chi connectivity index (χ0) is 18.9. The molecule has 0 aromatic heterocycles. The quantitative estimate of drug-likeness (QED) is 0.595. The molecule has 0 aliphatic rings. The Labute approximate surface area is 155 Å². The summed E-state index contributed by atoms with van der Waals surface area (Å²) in [7, 11) is 0. The first kappa shape index (κ1) is 19.3. The van der Waals surface area contributed by atoms with Gasteiger partial charge in [0.15, 0.2) is 0 Å². The van der Waals surface area contributed by atoms with Crippen molar-refractivity contribution < 1.29 is 4.79 Å². The highest BCUT2D eigenvalue weighted by atomic mass is 16.1. The number of carbonyl (C=O) groups is 1. The molecule has 134 valence electrons. The first-order chi connectivity index (χ1) is 12.6. The molecule has 2 aromatic rings. The van der Waals surface area contributed by atoms with Crippen LogP contribution < -0.4 is 5.32 Å². The standard InChI is InChI=1S/C22H25N3O/c1-4-19-13-9-10-17(3)21(19)24-22(26)20(14-23)16-25(5-2)15-18-11-7-6-8-12-18/h6-13,16H,4-5,15H2,1-3H3,(H,24,26)/b20-16-. The van der Waals surface area contributed by atoms with E-state index in [1.54, 1.807) is 6.20 Å². The number of nitrogens with zero attached hydrogens (tertiary/aromatic N) is 2. The van der Waals surface area contributed by atoms with Crippen LogP contribution in [-0.2, 0) is 17.8 Å². The normalized spacial score (nSPS) is 10.9. The maximum Gasteiger partial charge on any atom is 0.267 e. The Morgan fingerprint density at radius 2 is 1.88 bits per heavy atom. The van der Waals surface area contributed by atoms with Crippen molar-refractivity contribution in [2.45, 2.75) is 33.7 Å². The predicted molar refractivity (Wildman–Crippen MR) is 105 cm³/mol. The Morgan fingerprint density at radius 3 is 2.50 bits per heavy atom. The van der Waals surface area contributed by atoms with Crippen LogP contribution in [0.15, 0.2) is 60.3 Å². The Morgan fingerprint density at radius 1 is 1.15 bits per heavy atom. The molecule has 0 spiro atoms. The van der Waals surface area contributed by atoms with Crippen LogP contribution in [0.2, 0.25) is 0 Å². The number of benzene rings is 2. The Kier molecular flexibility index (Phi) is 6.99. The van der Waals surface area contributed by atoms with Crippen molar-refractivity contribution in [2.24, 2.45) is 0 Å². The summed E-state index contributed by atoms with van der Waals surface area (Å²) in [5.74, 6) is -0.372. The minimum atomic E-state index is -0.372. The fourth-order valence-electron chi connectivity index (χ4n) is 2.77. The minimum Gasteiger partial charge on any atom is -0.372 e. The third-order valence-electron chi connectivity index (χ3n) is 4.29. The summed E-state index contributed by atoms with van der Waals surface area (Å²) in [4.78, 5) is 14.6. The van der Waals surface area contributed by atoms with Crippen LogP contribution in [-0.4, -0.2) is 17.4 Å². The number of hydrogen-bond donors (Lipinski definition) is 1. The number of hydrogen-bond acceptors (Lipinski definition) is 3. The van der Waals surface area contributed by atoms with Gasteiger partial charge in [-0.15, -0.1) is 0 Å². The van der Waals surface area contributed by atoms with E-state index in [2.05, 4.69) is 5.32 Å². The van der Waals surface area contributed by atoms with E-state index in [-0.39, 0.29) is 11.5 Å². The fraction of sp³-hybridized carbons (Fsp3) is 0.273. The predicted octanol–water partition coefficient (Wildman–Crippen LogP) is 4.43. The van der Waals surface area contributed by atoms with E-state index in [4.69, 9.17) is 0 Å². The molecule has 4 nitrogen and oxygen atoms in total. The third-order valence-corrected chi connectivity index (χ3v) is 4.29. The van der Waals surface area contributed by atoms with Crippen LogP contribution in [0.25, 0.3) is 0 Å². The summed E-state index contributed by atoms with van der Waals surface area (Å²) in [6, 6.07) is 18.0. The highest BCUT2D eigenvalue weighted by molar-refractivity contribution is 6.07. The molecular formula is C22H25N3O. The molecule has 0 aliphatic carbocycles. The van der Waals surface area contributed by atoms with Crippen molar-refractivity contribution in [3.8, 4) is 6.07 Å². The second-order valence-electron chi connectivity index (χ2n) is 6.12. The molecule has 0 saturated carbocycles. The second kappa shape index (κ2) is 9.43. The highest BCUT2D eigenvalue weighted by Crippen LogP contribution is 2.21. The van der Waals surface area contributed by atoms with E-state index >= 15 is 0 Å².